The molecule has 0 fully saturated rings. The molecule has 0 saturated carbocycles. The smallest absolute Gasteiger partial charge is 0.191 e. The average molecular weight is 488 g/mol. The highest BCUT2D eigenvalue weighted by Crippen LogP contribution is 2.30. The highest BCUT2D eigenvalue weighted by atomic mass is 127. The SMILES string of the molecule is CN=C(NCc1nc(C(C)C)cs1)NCC1COc2ccccc2O1.I. The van der Waals surface area contributed by atoms with Crippen molar-refractivity contribution in [3.05, 3.63) is 40.3 Å². The van der Waals surface area contributed by atoms with E-state index in [2.05, 4.69) is 39.8 Å². The Morgan fingerprint density at radius 2 is 2.08 bits per heavy atom. The maximum absolute atomic E-state index is 5.94. The van der Waals surface area contributed by atoms with Crippen molar-refractivity contribution in [2.75, 3.05) is 20.2 Å². The van der Waals surface area contributed by atoms with Gasteiger partial charge in [-0.25, -0.2) is 4.98 Å². The lowest BCUT2D eigenvalue weighted by Gasteiger charge is -2.27. The molecule has 0 bridgehead atoms. The third kappa shape index (κ3) is 5.47. The van der Waals surface area contributed by atoms with Crippen LogP contribution < -0.4 is 20.1 Å². The number of nitrogens with one attached hydrogen (secondary N) is 2. The first-order valence-corrected chi connectivity index (χ1v) is 9.31. The number of hydrogen-bond acceptors (Lipinski definition) is 5. The molecule has 1 atom stereocenters. The van der Waals surface area contributed by atoms with Crippen LogP contribution in [-0.4, -0.2) is 37.2 Å². The average Bonchev–Trinajstić information content (AvgIpc) is 3.11. The Labute approximate surface area is 175 Å². The molecule has 142 valence electrons. The molecule has 26 heavy (non-hydrogen) atoms. The van der Waals surface area contributed by atoms with Gasteiger partial charge in [-0.15, -0.1) is 35.3 Å². The molecule has 1 aromatic carbocycles. The van der Waals surface area contributed by atoms with Crippen LogP contribution >= 0.6 is 35.3 Å². The minimum absolute atomic E-state index is 0. The summed E-state index contributed by atoms with van der Waals surface area (Å²) >= 11 is 1.67. The van der Waals surface area contributed by atoms with Crippen LogP contribution in [-0.2, 0) is 6.54 Å². The number of aliphatic imine (C=N–C) groups is 1. The fourth-order valence-electron chi connectivity index (χ4n) is 2.43. The zero-order chi connectivity index (χ0) is 17.6. The molecule has 2 aromatic rings. The molecule has 2 N–H and O–H groups in total. The second kappa shape index (κ2) is 9.96. The highest BCUT2D eigenvalue weighted by Gasteiger charge is 2.20. The second-order valence-corrected chi connectivity index (χ2v) is 7.07. The molecule has 1 unspecified atom stereocenters. The van der Waals surface area contributed by atoms with E-state index in [1.165, 1.54) is 0 Å². The molecule has 3 rings (SSSR count). The van der Waals surface area contributed by atoms with Gasteiger partial charge in [0.2, 0.25) is 0 Å². The lowest BCUT2D eigenvalue weighted by atomic mass is 10.2. The van der Waals surface area contributed by atoms with Crippen LogP contribution in [0.5, 0.6) is 11.5 Å². The van der Waals surface area contributed by atoms with Gasteiger partial charge in [0.1, 0.15) is 17.7 Å². The molecule has 1 aliphatic rings. The van der Waals surface area contributed by atoms with Gasteiger partial charge in [-0.3, -0.25) is 4.99 Å². The number of benzene rings is 1. The quantitative estimate of drug-likeness (QED) is 0.384. The first-order valence-electron chi connectivity index (χ1n) is 8.43. The van der Waals surface area contributed by atoms with Crippen LogP contribution in [0.4, 0.5) is 0 Å². The molecule has 0 amide bonds. The summed E-state index contributed by atoms with van der Waals surface area (Å²) in [5, 5.41) is 9.73. The first-order chi connectivity index (χ1) is 12.2. The fourth-order valence-corrected chi connectivity index (χ4v) is 3.32. The Morgan fingerprint density at radius 1 is 1.31 bits per heavy atom. The van der Waals surface area contributed by atoms with Crippen molar-refractivity contribution in [2.45, 2.75) is 32.4 Å². The number of guanidine groups is 1. The second-order valence-electron chi connectivity index (χ2n) is 6.13. The van der Waals surface area contributed by atoms with Gasteiger partial charge in [0, 0.05) is 12.4 Å². The van der Waals surface area contributed by atoms with Crippen LogP contribution in [0.25, 0.3) is 0 Å². The first kappa shape index (κ1) is 20.8. The van der Waals surface area contributed by atoms with Crippen molar-refractivity contribution in [1.29, 1.82) is 0 Å². The molecule has 0 saturated heterocycles. The van der Waals surface area contributed by atoms with Crippen molar-refractivity contribution in [1.82, 2.24) is 15.6 Å². The topological polar surface area (TPSA) is 67.8 Å². The number of ether oxygens (including phenoxy) is 2. The van der Waals surface area contributed by atoms with Crippen LogP contribution in [0.2, 0.25) is 0 Å². The maximum Gasteiger partial charge on any atom is 0.191 e. The molecule has 0 aliphatic carbocycles. The fraction of sp³-hybridized carbons (Fsp3) is 0.444. The summed E-state index contributed by atoms with van der Waals surface area (Å²) in [5.74, 6) is 2.76. The van der Waals surface area contributed by atoms with Crippen molar-refractivity contribution in [3.8, 4) is 11.5 Å². The number of fused-ring (bicyclic) bond motifs is 1. The Hall–Kier alpha value is -1.55. The van der Waals surface area contributed by atoms with Gasteiger partial charge in [0.25, 0.3) is 0 Å². The zero-order valence-corrected chi connectivity index (χ0v) is 18.3. The third-order valence-electron chi connectivity index (χ3n) is 3.86. The summed E-state index contributed by atoms with van der Waals surface area (Å²) in [6.07, 6.45) is -0.0548. The predicted octanol–water partition coefficient (Wildman–Crippen LogP) is 3.39. The summed E-state index contributed by atoms with van der Waals surface area (Å²) < 4.78 is 11.7. The molecule has 8 heteroatoms. The molecule has 1 aromatic heterocycles. The van der Waals surface area contributed by atoms with Crippen LogP contribution in [0, 0.1) is 0 Å². The Morgan fingerprint density at radius 3 is 2.77 bits per heavy atom. The van der Waals surface area contributed by atoms with Gasteiger partial charge in [-0.05, 0) is 18.1 Å². The standard InChI is InChI=1S/C18H24N4O2S.HI/c1-12(2)14-11-25-17(22-14)9-21-18(19-3)20-8-13-10-23-15-6-4-5-7-16(15)24-13;/h4-7,11-13H,8-10H2,1-3H3,(H2,19,20,21);1H. The Kier molecular flexibility index (Phi) is 7.95. The number of nitrogens with zero attached hydrogens (tertiary/aromatic N) is 2. The molecule has 0 spiro atoms. The Bertz CT molecular complexity index is 735. The summed E-state index contributed by atoms with van der Waals surface area (Å²) in [6, 6.07) is 7.72. The van der Waals surface area contributed by atoms with E-state index in [0.29, 0.717) is 25.6 Å². The lowest BCUT2D eigenvalue weighted by Crippen LogP contribution is -2.45. The normalized spacial score (nSPS) is 16.2. The molecular weight excluding hydrogens is 463 g/mol. The number of hydrogen-bond donors (Lipinski definition) is 2. The van der Waals surface area contributed by atoms with Gasteiger partial charge < -0.3 is 20.1 Å². The van der Waals surface area contributed by atoms with E-state index in [0.717, 1.165) is 28.2 Å². The number of aromatic nitrogens is 1. The van der Waals surface area contributed by atoms with E-state index in [9.17, 15) is 0 Å². The van der Waals surface area contributed by atoms with Crippen LogP contribution in [0.1, 0.15) is 30.5 Å². The van der Waals surface area contributed by atoms with E-state index in [1.54, 1.807) is 18.4 Å². The molecule has 6 nitrogen and oxygen atoms in total. The summed E-state index contributed by atoms with van der Waals surface area (Å²) in [5.41, 5.74) is 1.14. The van der Waals surface area contributed by atoms with Crippen molar-refractivity contribution in [3.63, 3.8) is 0 Å². The van der Waals surface area contributed by atoms with E-state index in [4.69, 9.17) is 9.47 Å². The Balaban J connectivity index is 0.00000243. The number of halogens is 1. The van der Waals surface area contributed by atoms with Crippen LogP contribution in [0.15, 0.2) is 34.6 Å². The molecule has 0 radical (unpaired) electrons. The molecule has 2 heterocycles. The minimum atomic E-state index is -0.0548. The number of thiazole rings is 1. The van der Waals surface area contributed by atoms with Gasteiger partial charge in [-0.1, -0.05) is 26.0 Å². The number of rotatable bonds is 5. The van der Waals surface area contributed by atoms with E-state index in [-0.39, 0.29) is 30.1 Å². The summed E-state index contributed by atoms with van der Waals surface area (Å²) in [4.78, 5) is 8.87. The highest BCUT2D eigenvalue weighted by molar-refractivity contribution is 14.0. The maximum atomic E-state index is 5.94. The summed E-state index contributed by atoms with van der Waals surface area (Å²) in [6.45, 7) is 6.09. The molecular formula is C18H25IN4O2S. The third-order valence-corrected chi connectivity index (χ3v) is 4.72. The van der Waals surface area contributed by atoms with Gasteiger partial charge >= 0.3 is 0 Å². The van der Waals surface area contributed by atoms with E-state index < -0.39 is 0 Å². The lowest BCUT2D eigenvalue weighted by molar-refractivity contribution is 0.0936. The monoisotopic (exact) mass is 488 g/mol. The van der Waals surface area contributed by atoms with Gasteiger partial charge in [0.05, 0.1) is 18.8 Å². The minimum Gasteiger partial charge on any atom is -0.486 e. The van der Waals surface area contributed by atoms with Gasteiger partial charge in [0.15, 0.2) is 17.5 Å². The largest absolute Gasteiger partial charge is 0.486 e. The van der Waals surface area contributed by atoms with E-state index >= 15 is 0 Å². The van der Waals surface area contributed by atoms with Crippen molar-refractivity contribution >= 4 is 41.3 Å². The predicted molar refractivity (Wildman–Crippen MR) is 116 cm³/mol. The zero-order valence-electron chi connectivity index (χ0n) is 15.2. The van der Waals surface area contributed by atoms with E-state index in [1.807, 2.05) is 24.3 Å². The van der Waals surface area contributed by atoms with Gasteiger partial charge in [-0.2, -0.15) is 0 Å². The van der Waals surface area contributed by atoms with Crippen molar-refractivity contribution in [2.24, 2.45) is 4.99 Å². The van der Waals surface area contributed by atoms with Crippen molar-refractivity contribution < 1.29 is 9.47 Å². The molecule has 1 aliphatic heterocycles. The van der Waals surface area contributed by atoms with Crippen LogP contribution in [0.3, 0.4) is 0 Å². The summed E-state index contributed by atoms with van der Waals surface area (Å²) in [7, 11) is 1.75. The number of para-hydroxylation sites is 2.